The number of alkyl halides is 3. The Hall–Kier alpha value is -1.61. The molecule has 9 heteroatoms. The third kappa shape index (κ3) is 4.20. The molecule has 5 nitrogen and oxygen atoms in total. The van der Waals surface area contributed by atoms with Gasteiger partial charge in [0, 0.05) is 32.1 Å². The summed E-state index contributed by atoms with van der Waals surface area (Å²) in [5.74, 6) is 0.312. The van der Waals surface area contributed by atoms with E-state index in [0.29, 0.717) is 32.5 Å². The lowest BCUT2D eigenvalue weighted by molar-refractivity contribution is -0.137. The van der Waals surface area contributed by atoms with Gasteiger partial charge in [0.2, 0.25) is 15.9 Å². The highest BCUT2D eigenvalue weighted by Gasteiger charge is 2.45. The SMILES string of the molecule is CC(C)CC(=O)N1C[C@H]2CCCN(S(=O)(=O)c3ccc(C(F)(F)F)cc3)[C@H]2C1. The van der Waals surface area contributed by atoms with Crippen LogP contribution in [0.5, 0.6) is 0 Å². The second-order valence-corrected chi connectivity index (χ2v) is 9.89. The van der Waals surface area contributed by atoms with Crippen molar-refractivity contribution in [1.29, 1.82) is 0 Å². The Balaban J connectivity index is 1.81. The number of sulfonamides is 1. The summed E-state index contributed by atoms with van der Waals surface area (Å²) in [7, 11) is -3.92. The van der Waals surface area contributed by atoms with E-state index < -0.39 is 21.8 Å². The second-order valence-electron chi connectivity index (χ2n) is 8.00. The molecule has 0 spiro atoms. The smallest absolute Gasteiger partial charge is 0.341 e. The summed E-state index contributed by atoms with van der Waals surface area (Å²) in [5.41, 5.74) is -0.880. The maximum Gasteiger partial charge on any atom is 0.416 e. The van der Waals surface area contributed by atoms with Gasteiger partial charge in [0.25, 0.3) is 0 Å². The molecular formula is C19H25F3N2O3S. The Labute approximate surface area is 163 Å². The number of likely N-dealkylation sites (tertiary alicyclic amines) is 1. The molecule has 1 amide bonds. The molecule has 28 heavy (non-hydrogen) atoms. The molecule has 0 radical (unpaired) electrons. The number of carbonyl (C=O) groups excluding carboxylic acids is 1. The number of nitrogens with zero attached hydrogens (tertiary/aromatic N) is 2. The molecule has 2 aliphatic rings. The van der Waals surface area contributed by atoms with Gasteiger partial charge in [-0.3, -0.25) is 4.79 Å². The van der Waals surface area contributed by atoms with Crippen molar-refractivity contribution in [2.45, 2.75) is 50.2 Å². The van der Waals surface area contributed by atoms with Gasteiger partial charge >= 0.3 is 6.18 Å². The molecule has 0 unspecified atom stereocenters. The van der Waals surface area contributed by atoms with Crippen molar-refractivity contribution >= 4 is 15.9 Å². The molecule has 2 fully saturated rings. The van der Waals surface area contributed by atoms with Gasteiger partial charge in [-0.1, -0.05) is 13.8 Å². The quantitative estimate of drug-likeness (QED) is 0.754. The molecule has 1 aromatic rings. The molecule has 1 aromatic carbocycles. The first kappa shape index (κ1) is 21.1. The summed E-state index contributed by atoms with van der Waals surface area (Å²) >= 11 is 0. The highest BCUT2D eigenvalue weighted by molar-refractivity contribution is 7.89. The predicted octanol–water partition coefficient (Wildman–Crippen LogP) is 3.36. The lowest BCUT2D eigenvalue weighted by atomic mass is 9.94. The van der Waals surface area contributed by atoms with Gasteiger partial charge in [-0.15, -0.1) is 0 Å². The monoisotopic (exact) mass is 418 g/mol. The molecule has 2 aliphatic heterocycles. The first-order valence-corrected chi connectivity index (χ1v) is 10.9. The van der Waals surface area contributed by atoms with E-state index in [1.54, 1.807) is 4.90 Å². The van der Waals surface area contributed by atoms with Gasteiger partial charge in [0.1, 0.15) is 0 Å². The van der Waals surface area contributed by atoms with Crippen molar-refractivity contribution in [1.82, 2.24) is 9.21 Å². The number of benzene rings is 1. The third-order valence-electron chi connectivity index (χ3n) is 5.45. The number of amides is 1. The molecule has 0 N–H and O–H groups in total. The average Bonchev–Trinajstić information content (AvgIpc) is 3.04. The van der Waals surface area contributed by atoms with E-state index in [1.807, 2.05) is 13.8 Å². The number of carbonyl (C=O) groups is 1. The minimum absolute atomic E-state index is 0.0243. The fourth-order valence-corrected chi connectivity index (χ4v) is 5.79. The molecule has 3 rings (SSSR count). The summed E-state index contributed by atoms with van der Waals surface area (Å²) in [5, 5.41) is 0. The summed E-state index contributed by atoms with van der Waals surface area (Å²) < 4.78 is 65.8. The molecule has 0 aliphatic carbocycles. The van der Waals surface area contributed by atoms with E-state index in [1.165, 1.54) is 4.31 Å². The van der Waals surface area contributed by atoms with Gasteiger partial charge in [-0.2, -0.15) is 17.5 Å². The maximum absolute atomic E-state index is 13.1. The van der Waals surface area contributed by atoms with E-state index in [4.69, 9.17) is 0 Å². The van der Waals surface area contributed by atoms with Gasteiger partial charge in [0.15, 0.2) is 0 Å². The number of fused-ring (bicyclic) bond motifs is 1. The molecule has 0 aromatic heterocycles. The van der Waals surface area contributed by atoms with Crippen molar-refractivity contribution in [3.63, 3.8) is 0 Å². The molecule has 2 atom stereocenters. The number of piperidine rings is 1. The van der Waals surface area contributed by atoms with Gasteiger partial charge < -0.3 is 4.90 Å². The van der Waals surface area contributed by atoms with Crippen molar-refractivity contribution in [3.05, 3.63) is 29.8 Å². The molecule has 0 saturated carbocycles. The van der Waals surface area contributed by atoms with Crippen LogP contribution in [-0.2, 0) is 21.0 Å². The zero-order chi connectivity index (χ0) is 20.7. The van der Waals surface area contributed by atoms with Crippen LogP contribution in [0.2, 0.25) is 0 Å². The zero-order valence-corrected chi connectivity index (χ0v) is 16.8. The van der Waals surface area contributed by atoms with Crippen molar-refractivity contribution in [2.75, 3.05) is 19.6 Å². The summed E-state index contributed by atoms with van der Waals surface area (Å²) in [4.78, 5) is 14.0. The van der Waals surface area contributed by atoms with Crippen molar-refractivity contribution in [3.8, 4) is 0 Å². The van der Waals surface area contributed by atoms with Crippen LogP contribution in [0, 0.1) is 11.8 Å². The largest absolute Gasteiger partial charge is 0.416 e. The molecule has 2 heterocycles. The van der Waals surface area contributed by atoms with E-state index in [0.717, 1.165) is 30.7 Å². The Morgan fingerprint density at radius 1 is 1.18 bits per heavy atom. The number of hydrogen-bond donors (Lipinski definition) is 0. The Kier molecular flexibility index (Phi) is 5.78. The van der Waals surface area contributed by atoms with Crippen molar-refractivity contribution < 1.29 is 26.4 Å². The molecular weight excluding hydrogens is 393 g/mol. The van der Waals surface area contributed by atoms with Crippen LogP contribution in [0.15, 0.2) is 29.2 Å². The minimum atomic E-state index is -4.51. The molecule has 156 valence electrons. The number of rotatable bonds is 4. The first-order valence-electron chi connectivity index (χ1n) is 9.47. The third-order valence-corrected chi connectivity index (χ3v) is 7.39. The standard InChI is InChI=1S/C19H25F3N2O3S/c1-13(2)10-18(25)23-11-14-4-3-9-24(17(14)12-23)28(26,27)16-7-5-15(6-8-16)19(20,21)22/h5-8,13-14,17H,3-4,9-12H2,1-2H3/t14-,17+/m1/s1. The Bertz CT molecular complexity index is 822. The van der Waals surface area contributed by atoms with Crippen LogP contribution in [0.1, 0.15) is 38.7 Å². The highest BCUT2D eigenvalue weighted by atomic mass is 32.2. The fraction of sp³-hybridized carbons (Fsp3) is 0.632. The van der Waals surface area contributed by atoms with Crippen LogP contribution >= 0.6 is 0 Å². The molecule has 2 saturated heterocycles. The predicted molar refractivity (Wildman–Crippen MR) is 97.9 cm³/mol. The Morgan fingerprint density at radius 2 is 1.82 bits per heavy atom. The lowest BCUT2D eigenvalue weighted by Crippen LogP contribution is -2.48. The summed E-state index contributed by atoms with van der Waals surface area (Å²) in [6.45, 7) is 5.12. The maximum atomic E-state index is 13.1. The van der Waals surface area contributed by atoms with Crippen LogP contribution in [0.4, 0.5) is 13.2 Å². The average molecular weight is 418 g/mol. The summed E-state index contributed by atoms with van der Waals surface area (Å²) in [6, 6.07) is 3.29. The van der Waals surface area contributed by atoms with E-state index in [2.05, 4.69) is 0 Å². The number of hydrogen-bond acceptors (Lipinski definition) is 3. The minimum Gasteiger partial charge on any atom is -0.341 e. The van der Waals surface area contributed by atoms with Crippen molar-refractivity contribution in [2.24, 2.45) is 11.8 Å². The van der Waals surface area contributed by atoms with Gasteiger partial charge in [-0.05, 0) is 48.9 Å². The van der Waals surface area contributed by atoms with Crippen LogP contribution in [0.25, 0.3) is 0 Å². The highest BCUT2D eigenvalue weighted by Crippen LogP contribution is 2.36. The van der Waals surface area contributed by atoms with E-state index in [-0.39, 0.29) is 28.7 Å². The topological polar surface area (TPSA) is 57.7 Å². The Morgan fingerprint density at radius 3 is 2.39 bits per heavy atom. The van der Waals surface area contributed by atoms with Crippen LogP contribution in [-0.4, -0.2) is 49.2 Å². The van der Waals surface area contributed by atoms with Crippen LogP contribution < -0.4 is 0 Å². The number of halogens is 3. The second kappa shape index (κ2) is 7.67. The van der Waals surface area contributed by atoms with Crippen LogP contribution in [0.3, 0.4) is 0 Å². The van der Waals surface area contributed by atoms with E-state index in [9.17, 15) is 26.4 Å². The van der Waals surface area contributed by atoms with Gasteiger partial charge in [0.05, 0.1) is 10.5 Å². The lowest BCUT2D eigenvalue weighted by Gasteiger charge is -2.35. The first-order chi connectivity index (χ1) is 13.0. The fourth-order valence-electron chi connectivity index (χ4n) is 4.07. The normalized spacial score (nSPS) is 23.9. The molecule has 0 bridgehead atoms. The van der Waals surface area contributed by atoms with Gasteiger partial charge in [-0.25, -0.2) is 8.42 Å². The van der Waals surface area contributed by atoms with E-state index >= 15 is 0 Å². The summed E-state index contributed by atoms with van der Waals surface area (Å²) in [6.07, 6.45) is -2.57. The zero-order valence-electron chi connectivity index (χ0n) is 15.9.